The minimum Gasteiger partial charge on any atom is -0.370 e. The summed E-state index contributed by atoms with van der Waals surface area (Å²) >= 11 is 0. The van der Waals surface area contributed by atoms with Crippen LogP contribution in [0.2, 0.25) is 0 Å². The number of nitrogens with zero attached hydrogens (tertiary/aromatic N) is 2. The van der Waals surface area contributed by atoms with Crippen molar-refractivity contribution in [3.8, 4) is 6.07 Å². The standard InChI is InChI=1S/C19H18N2O2/c1-14-5-2-3-8-17(14)18-13-21(9-10-23-18)19(22)16-7-4-6-15(11-16)12-20/h2-8,11,18H,9-10,13H2,1H3. The summed E-state index contributed by atoms with van der Waals surface area (Å²) < 4.78 is 5.86. The Hall–Kier alpha value is -2.64. The van der Waals surface area contributed by atoms with Crippen LogP contribution in [0, 0.1) is 18.3 Å². The Balaban J connectivity index is 1.79. The molecule has 0 radical (unpaired) electrons. The zero-order valence-corrected chi connectivity index (χ0v) is 13.0. The maximum absolute atomic E-state index is 12.7. The lowest BCUT2D eigenvalue weighted by atomic mass is 10.0. The number of amides is 1. The predicted octanol–water partition coefficient (Wildman–Crippen LogP) is 3.08. The zero-order valence-electron chi connectivity index (χ0n) is 13.0. The molecule has 1 atom stereocenters. The molecule has 1 amide bonds. The summed E-state index contributed by atoms with van der Waals surface area (Å²) in [4.78, 5) is 14.5. The highest BCUT2D eigenvalue weighted by Gasteiger charge is 2.26. The van der Waals surface area contributed by atoms with Gasteiger partial charge >= 0.3 is 0 Å². The smallest absolute Gasteiger partial charge is 0.254 e. The number of rotatable bonds is 2. The van der Waals surface area contributed by atoms with Gasteiger partial charge < -0.3 is 9.64 Å². The lowest BCUT2D eigenvalue weighted by Gasteiger charge is -2.34. The van der Waals surface area contributed by atoms with Gasteiger partial charge in [0.1, 0.15) is 6.10 Å². The Labute approximate surface area is 135 Å². The minimum atomic E-state index is -0.104. The van der Waals surface area contributed by atoms with Crippen molar-refractivity contribution < 1.29 is 9.53 Å². The van der Waals surface area contributed by atoms with Gasteiger partial charge in [0.15, 0.2) is 0 Å². The molecule has 0 aliphatic carbocycles. The number of ether oxygens (including phenoxy) is 1. The number of aryl methyl sites for hydroxylation is 1. The molecule has 2 aromatic rings. The summed E-state index contributed by atoms with van der Waals surface area (Å²) in [5, 5.41) is 8.98. The van der Waals surface area contributed by atoms with Crippen LogP contribution in [0.4, 0.5) is 0 Å². The molecule has 1 fully saturated rings. The van der Waals surface area contributed by atoms with Crippen LogP contribution in [0.1, 0.15) is 33.2 Å². The predicted molar refractivity (Wildman–Crippen MR) is 86.9 cm³/mol. The van der Waals surface area contributed by atoms with Crippen LogP contribution in [0.15, 0.2) is 48.5 Å². The van der Waals surface area contributed by atoms with Crippen molar-refractivity contribution in [2.45, 2.75) is 13.0 Å². The molecule has 1 heterocycles. The highest BCUT2D eigenvalue weighted by molar-refractivity contribution is 5.94. The van der Waals surface area contributed by atoms with Gasteiger partial charge in [-0.3, -0.25) is 4.79 Å². The molecule has 1 aliphatic rings. The molecule has 4 nitrogen and oxygen atoms in total. The van der Waals surface area contributed by atoms with Crippen LogP contribution in [0.3, 0.4) is 0 Å². The Morgan fingerprint density at radius 1 is 1.26 bits per heavy atom. The molecule has 2 aromatic carbocycles. The molecule has 0 aromatic heterocycles. The van der Waals surface area contributed by atoms with E-state index in [-0.39, 0.29) is 12.0 Å². The van der Waals surface area contributed by atoms with E-state index in [1.807, 2.05) is 18.2 Å². The molecule has 0 saturated carbocycles. The van der Waals surface area contributed by atoms with E-state index < -0.39 is 0 Å². The van der Waals surface area contributed by atoms with Gasteiger partial charge in [0.2, 0.25) is 0 Å². The van der Waals surface area contributed by atoms with Gasteiger partial charge in [0.25, 0.3) is 5.91 Å². The fourth-order valence-corrected chi connectivity index (χ4v) is 2.87. The number of hydrogen-bond acceptors (Lipinski definition) is 3. The van der Waals surface area contributed by atoms with Crippen molar-refractivity contribution >= 4 is 5.91 Å². The van der Waals surface area contributed by atoms with E-state index in [0.717, 1.165) is 5.56 Å². The summed E-state index contributed by atoms with van der Waals surface area (Å²) in [5.74, 6) is -0.0519. The minimum absolute atomic E-state index is 0.0519. The van der Waals surface area contributed by atoms with E-state index in [4.69, 9.17) is 10.00 Å². The first-order valence-corrected chi connectivity index (χ1v) is 7.65. The van der Waals surface area contributed by atoms with E-state index in [0.29, 0.717) is 30.8 Å². The maximum atomic E-state index is 12.7. The normalized spacial score (nSPS) is 17.6. The van der Waals surface area contributed by atoms with E-state index in [9.17, 15) is 4.79 Å². The topological polar surface area (TPSA) is 53.3 Å². The Morgan fingerprint density at radius 3 is 2.87 bits per heavy atom. The number of nitriles is 1. The van der Waals surface area contributed by atoms with Crippen LogP contribution in [0.25, 0.3) is 0 Å². The molecule has 3 rings (SSSR count). The van der Waals surface area contributed by atoms with Gasteiger partial charge in [0.05, 0.1) is 24.8 Å². The zero-order chi connectivity index (χ0) is 16.2. The first kappa shape index (κ1) is 15.3. The van der Waals surface area contributed by atoms with Crippen molar-refractivity contribution in [3.63, 3.8) is 0 Å². The lowest BCUT2D eigenvalue weighted by molar-refractivity contribution is -0.0230. The van der Waals surface area contributed by atoms with Crippen LogP contribution in [-0.4, -0.2) is 30.5 Å². The third-order valence-corrected chi connectivity index (χ3v) is 4.13. The van der Waals surface area contributed by atoms with Crippen LogP contribution >= 0.6 is 0 Å². The van der Waals surface area contributed by atoms with Gasteiger partial charge in [-0.1, -0.05) is 30.3 Å². The summed E-state index contributed by atoms with van der Waals surface area (Å²) in [6.45, 7) is 3.66. The quantitative estimate of drug-likeness (QED) is 0.857. The van der Waals surface area contributed by atoms with Crippen molar-refractivity contribution in [2.75, 3.05) is 19.7 Å². The van der Waals surface area contributed by atoms with Crippen molar-refractivity contribution in [1.82, 2.24) is 4.90 Å². The molecular weight excluding hydrogens is 288 g/mol. The fourth-order valence-electron chi connectivity index (χ4n) is 2.87. The van der Waals surface area contributed by atoms with Gasteiger partial charge in [-0.25, -0.2) is 0 Å². The first-order chi connectivity index (χ1) is 11.2. The summed E-state index contributed by atoms with van der Waals surface area (Å²) in [7, 11) is 0. The molecule has 1 saturated heterocycles. The molecule has 0 spiro atoms. The highest BCUT2D eigenvalue weighted by Crippen LogP contribution is 2.25. The molecular formula is C19H18N2O2. The highest BCUT2D eigenvalue weighted by atomic mass is 16.5. The average molecular weight is 306 g/mol. The molecule has 23 heavy (non-hydrogen) atoms. The number of benzene rings is 2. The molecule has 0 bridgehead atoms. The number of morpholine rings is 1. The molecule has 1 aliphatic heterocycles. The fraction of sp³-hybridized carbons (Fsp3) is 0.263. The molecule has 0 N–H and O–H groups in total. The maximum Gasteiger partial charge on any atom is 0.254 e. The summed E-state index contributed by atoms with van der Waals surface area (Å²) in [6.07, 6.45) is -0.104. The first-order valence-electron chi connectivity index (χ1n) is 7.65. The van der Waals surface area contributed by atoms with Gasteiger partial charge in [-0.2, -0.15) is 5.26 Å². The average Bonchev–Trinajstić information content (AvgIpc) is 2.61. The SMILES string of the molecule is Cc1ccccc1C1CN(C(=O)c2cccc(C#N)c2)CCO1. The number of hydrogen-bond donors (Lipinski definition) is 0. The third kappa shape index (κ3) is 3.25. The van der Waals surface area contributed by atoms with Gasteiger partial charge in [0, 0.05) is 12.1 Å². The lowest BCUT2D eigenvalue weighted by Crippen LogP contribution is -2.42. The van der Waals surface area contributed by atoms with Crippen molar-refractivity contribution in [3.05, 3.63) is 70.8 Å². The molecule has 1 unspecified atom stereocenters. The van der Waals surface area contributed by atoms with Crippen LogP contribution < -0.4 is 0 Å². The number of carbonyl (C=O) groups excluding carboxylic acids is 1. The largest absolute Gasteiger partial charge is 0.370 e. The van der Waals surface area contributed by atoms with E-state index >= 15 is 0 Å². The van der Waals surface area contributed by atoms with Crippen LogP contribution in [-0.2, 0) is 4.74 Å². The monoisotopic (exact) mass is 306 g/mol. The van der Waals surface area contributed by atoms with Crippen LogP contribution in [0.5, 0.6) is 0 Å². The van der Waals surface area contributed by atoms with E-state index in [1.54, 1.807) is 29.2 Å². The Morgan fingerprint density at radius 2 is 2.09 bits per heavy atom. The molecule has 116 valence electrons. The number of carbonyl (C=O) groups is 1. The second-order valence-corrected chi connectivity index (χ2v) is 5.66. The van der Waals surface area contributed by atoms with E-state index in [2.05, 4.69) is 19.1 Å². The second-order valence-electron chi connectivity index (χ2n) is 5.66. The summed E-state index contributed by atoms with van der Waals surface area (Å²) in [6, 6.07) is 17.0. The van der Waals surface area contributed by atoms with Crippen molar-refractivity contribution in [2.24, 2.45) is 0 Å². The second kappa shape index (κ2) is 6.64. The van der Waals surface area contributed by atoms with Gasteiger partial charge in [-0.05, 0) is 36.2 Å². The summed E-state index contributed by atoms with van der Waals surface area (Å²) in [5.41, 5.74) is 3.34. The Bertz CT molecular complexity index is 764. The Kier molecular flexibility index (Phi) is 4.40. The van der Waals surface area contributed by atoms with E-state index in [1.165, 1.54) is 5.56 Å². The third-order valence-electron chi connectivity index (χ3n) is 4.13. The molecule has 4 heteroatoms. The van der Waals surface area contributed by atoms with Gasteiger partial charge in [-0.15, -0.1) is 0 Å². The van der Waals surface area contributed by atoms with Crippen molar-refractivity contribution in [1.29, 1.82) is 5.26 Å².